The van der Waals surface area contributed by atoms with Crippen LogP contribution in [0.2, 0.25) is 0 Å². The number of anilines is 4. The second kappa shape index (κ2) is 9.82. The Balaban J connectivity index is 1.53. The van der Waals surface area contributed by atoms with E-state index in [-0.39, 0.29) is 5.41 Å². The number of aromatic nitrogens is 3. The second-order valence-electron chi connectivity index (χ2n) is 9.86. The molecular formula is C24H33N7O3S. The summed E-state index contributed by atoms with van der Waals surface area (Å²) in [7, 11) is -1.55. The maximum Gasteiger partial charge on any atom is 0.227 e. The number of rotatable bonds is 7. The van der Waals surface area contributed by atoms with E-state index in [2.05, 4.69) is 46.3 Å². The van der Waals surface area contributed by atoms with Crippen LogP contribution in [0, 0.1) is 5.41 Å². The van der Waals surface area contributed by atoms with Gasteiger partial charge in [0, 0.05) is 62.3 Å². The number of fused-ring (bicyclic) bond motifs is 1. The maximum atomic E-state index is 11.8. The predicted octanol–water partition coefficient (Wildman–Crippen LogP) is 3.32. The lowest BCUT2D eigenvalue weighted by Gasteiger charge is -2.35. The summed E-state index contributed by atoms with van der Waals surface area (Å²) in [5.74, 6) is 1.81. The molecule has 3 aromatic rings. The lowest BCUT2D eigenvalue weighted by atomic mass is 9.97. The van der Waals surface area contributed by atoms with Gasteiger partial charge in [0.1, 0.15) is 11.3 Å². The molecule has 1 fully saturated rings. The van der Waals surface area contributed by atoms with Gasteiger partial charge < -0.3 is 20.3 Å². The number of nitrogens with zero attached hydrogens (tertiary/aromatic N) is 5. The van der Waals surface area contributed by atoms with E-state index < -0.39 is 10.0 Å². The average molecular weight is 500 g/mol. The number of piperazine rings is 1. The number of ether oxygens (including phenoxy) is 1. The van der Waals surface area contributed by atoms with Gasteiger partial charge in [0.25, 0.3) is 0 Å². The molecule has 0 aliphatic carbocycles. The van der Waals surface area contributed by atoms with E-state index in [1.165, 1.54) is 10.6 Å². The Morgan fingerprint density at radius 2 is 1.83 bits per heavy atom. The number of benzene rings is 1. The third-order valence-corrected chi connectivity index (χ3v) is 7.09. The summed E-state index contributed by atoms with van der Waals surface area (Å²) >= 11 is 0. The fourth-order valence-electron chi connectivity index (χ4n) is 3.87. The summed E-state index contributed by atoms with van der Waals surface area (Å²) in [6.45, 7) is 9.41. The van der Waals surface area contributed by atoms with Crippen LogP contribution < -0.4 is 20.3 Å². The summed E-state index contributed by atoms with van der Waals surface area (Å²) in [6.07, 6.45) is 4.78. The van der Waals surface area contributed by atoms with Crippen LogP contribution in [0.3, 0.4) is 0 Å². The largest absolute Gasteiger partial charge is 0.494 e. The molecule has 0 spiro atoms. The third kappa shape index (κ3) is 6.09. The molecule has 0 atom stereocenters. The van der Waals surface area contributed by atoms with Gasteiger partial charge >= 0.3 is 0 Å². The number of methoxy groups -OCH3 is 1. The molecule has 2 N–H and O–H groups in total. The highest BCUT2D eigenvalue weighted by Crippen LogP contribution is 2.32. The van der Waals surface area contributed by atoms with Crippen molar-refractivity contribution in [1.82, 2.24) is 19.3 Å². The van der Waals surface area contributed by atoms with Crippen LogP contribution >= 0.6 is 0 Å². The molecule has 1 aromatic carbocycles. The van der Waals surface area contributed by atoms with Crippen LogP contribution in [0.1, 0.15) is 20.8 Å². The molecule has 0 unspecified atom stereocenters. The monoisotopic (exact) mass is 499 g/mol. The Bertz CT molecular complexity index is 1300. The molecule has 3 heterocycles. The number of hydrogen-bond donors (Lipinski definition) is 2. The average Bonchev–Trinajstić information content (AvgIpc) is 2.82. The van der Waals surface area contributed by atoms with Gasteiger partial charge in [-0.1, -0.05) is 20.8 Å². The van der Waals surface area contributed by atoms with E-state index in [1.807, 2.05) is 24.3 Å². The summed E-state index contributed by atoms with van der Waals surface area (Å²) in [6, 6.07) is 7.74. The van der Waals surface area contributed by atoms with Crippen LogP contribution in [0.4, 0.5) is 23.1 Å². The van der Waals surface area contributed by atoms with E-state index in [9.17, 15) is 8.42 Å². The van der Waals surface area contributed by atoms with Crippen molar-refractivity contribution >= 4 is 44.1 Å². The first-order valence-corrected chi connectivity index (χ1v) is 13.4. The van der Waals surface area contributed by atoms with Crippen molar-refractivity contribution in [3.63, 3.8) is 0 Å². The number of pyridine rings is 1. The smallest absolute Gasteiger partial charge is 0.227 e. The summed E-state index contributed by atoms with van der Waals surface area (Å²) < 4.78 is 30.7. The quantitative estimate of drug-likeness (QED) is 0.505. The summed E-state index contributed by atoms with van der Waals surface area (Å²) in [5, 5.41) is 7.56. The van der Waals surface area contributed by atoms with E-state index >= 15 is 0 Å². The van der Waals surface area contributed by atoms with Crippen molar-refractivity contribution in [1.29, 1.82) is 0 Å². The molecule has 0 radical (unpaired) electrons. The third-order valence-electron chi connectivity index (χ3n) is 5.79. The standard InChI is InChI=1S/C24H33N7O3S/c1-24(2,3)16-27-22-21-17(8-9-25-22)15-26-23(29-21)28-19-7-6-18(14-20(19)34-4)30-10-12-31(13-11-30)35(5,32)33/h6-9,14-15H,10-13,16H2,1-5H3,(H,25,27)(H,26,28,29). The van der Waals surface area contributed by atoms with Gasteiger partial charge in [0.15, 0.2) is 5.82 Å². The van der Waals surface area contributed by atoms with Crippen molar-refractivity contribution in [3.05, 3.63) is 36.7 Å². The minimum absolute atomic E-state index is 0.102. The van der Waals surface area contributed by atoms with Crippen molar-refractivity contribution in [2.45, 2.75) is 20.8 Å². The fraction of sp³-hybridized carbons (Fsp3) is 0.458. The molecule has 0 amide bonds. The molecule has 10 nitrogen and oxygen atoms in total. The van der Waals surface area contributed by atoms with E-state index in [4.69, 9.17) is 9.72 Å². The van der Waals surface area contributed by atoms with Gasteiger partial charge in [-0.15, -0.1) is 0 Å². The molecule has 0 saturated carbocycles. The number of hydrogen-bond acceptors (Lipinski definition) is 9. The molecule has 1 aliphatic rings. The minimum Gasteiger partial charge on any atom is -0.494 e. The predicted molar refractivity (Wildman–Crippen MR) is 140 cm³/mol. The van der Waals surface area contributed by atoms with E-state index in [0.717, 1.165) is 34.6 Å². The SMILES string of the molecule is COc1cc(N2CCN(S(C)(=O)=O)CC2)ccc1Nc1ncc2ccnc(NCC(C)(C)C)c2n1. The van der Waals surface area contributed by atoms with Crippen LogP contribution in [0.25, 0.3) is 10.9 Å². The first-order chi connectivity index (χ1) is 16.5. The van der Waals surface area contributed by atoms with Gasteiger partial charge in [-0.25, -0.2) is 23.4 Å². The molecule has 35 heavy (non-hydrogen) atoms. The molecule has 0 bridgehead atoms. The molecule has 188 valence electrons. The number of sulfonamides is 1. The van der Waals surface area contributed by atoms with Gasteiger partial charge in [0.05, 0.1) is 19.1 Å². The second-order valence-corrected chi connectivity index (χ2v) is 11.8. The maximum absolute atomic E-state index is 11.8. The molecular weight excluding hydrogens is 466 g/mol. The van der Waals surface area contributed by atoms with Crippen molar-refractivity contribution in [3.8, 4) is 5.75 Å². The number of nitrogens with one attached hydrogen (secondary N) is 2. The minimum atomic E-state index is -3.17. The first-order valence-electron chi connectivity index (χ1n) is 11.5. The Labute approximate surface area is 206 Å². The summed E-state index contributed by atoms with van der Waals surface area (Å²) in [5.41, 5.74) is 2.55. The summed E-state index contributed by atoms with van der Waals surface area (Å²) in [4.78, 5) is 15.8. The Morgan fingerprint density at radius 1 is 1.09 bits per heavy atom. The molecule has 1 aliphatic heterocycles. The zero-order chi connectivity index (χ0) is 25.2. The van der Waals surface area contributed by atoms with Crippen LogP contribution in [0.5, 0.6) is 5.75 Å². The van der Waals surface area contributed by atoms with Crippen molar-refractivity contribution in [2.24, 2.45) is 5.41 Å². The highest BCUT2D eigenvalue weighted by Gasteiger charge is 2.24. The van der Waals surface area contributed by atoms with Crippen molar-refractivity contribution in [2.75, 3.05) is 61.6 Å². The van der Waals surface area contributed by atoms with Crippen LogP contribution in [0.15, 0.2) is 36.7 Å². The fourth-order valence-corrected chi connectivity index (χ4v) is 4.70. The van der Waals surface area contributed by atoms with Gasteiger partial charge in [-0.2, -0.15) is 4.31 Å². The highest BCUT2D eigenvalue weighted by atomic mass is 32.2. The van der Waals surface area contributed by atoms with Gasteiger partial charge in [0.2, 0.25) is 16.0 Å². The Kier molecular flexibility index (Phi) is 7.00. The normalized spacial score (nSPS) is 15.3. The lowest BCUT2D eigenvalue weighted by molar-refractivity contribution is 0.387. The zero-order valence-corrected chi connectivity index (χ0v) is 21.7. The zero-order valence-electron chi connectivity index (χ0n) is 20.9. The van der Waals surface area contributed by atoms with Crippen LogP contribution in [-0.4, -0.2) is 73.8 Å². The van der Waals surface area contributed by atoms with Gasteiger partial charge in [-0.3, -0.25) is 0 Å². The highest BCUT2D eigenvalue weighted by molar-refractivity contribution is 7.88. The molecule has 4 rings (SSSR count). The molecule has 2 aromatic heterocycles. The Hall–Kier alpha value is -3.18. The van der Waals surface area contributed by atoms with E-state index in [0.29, 0.717) is 37.9 Å². The van der Waals surface area contributed by atoms with Crippen molar-refractivity contribution < 1.29 is 13.2 Å². The van der Waals surface area contributed by atoms with Gasteiger partial charge in [-0.05, 0) is 23.6 Å². The van der Waals surface area contributed by atoms with Crippen LogP contribution in [-0.2, 0) is 10.0 Å². The molecule has 11 heteroatoms. The lowest BCUT2D eigenvalue weighted by Crippen LogP contribution is -2.48. The molecule has 1 saturated heterocycles. The topological polar surface area (TPSA) is 113 Å². The van der Waals surface area contributed by atoms with E-state index in [1.54, 1.807) is 19.5 Å². The first kappa shape index (κ1) is 24.9. The Morgan fingerprint density at radius 3 is 2.49 bits per heavy atom.